The van der Waals surface area contributed by atoms with E-state index in [9.17, 15) is 9.59 Å². The number of pyridine rings is 1. The van der Waals surface area contributed by atoms with E-state index in [0.29, 0.717) is 43.6 Å². The quantitative estimate of drug-likeness (QED) is 0.426. The number of carbonyl (C=O) groups excluding carboxylic acids is 1. The molecule has 2 fully saturated rings. The number of halogens is 2. The number of nitrogens with two attached hydrogens (primary N) is 2. The lowest BCUT2D eigenvalue weighted by Crippen LogP contribution is -2.59. The highest BCUT2D eigenvalue weighted by Crippen LogP contribution is 2.30. The number of anilines is 3. The number of carbonyl (C=O) groups is 1. The molecular weight excluding hydrogens is 547 g/mol. The van der Waals surface area contributed by atoms with Crippen LogP contribution in [0.1, 0.15) is 36.5 Å². The largest absolute Gasteiger partial charge is 0.402 e. The monoisotopic (exact) mass is 576 g/mol. The van der Waals surface area contributed by atoms with E-state index in [1.54, 1.807) is 19.2 Å². The first-order valence-corrected chi connectivity index (χ1v) is 13.5. The van der Waals surface area contributed by atoms with Crippen LogP contribution < -0.4 is 21.9 Å². The first kappa shape index (κ1) is 27.2. The molecule has 5 heterocycles. The number of piperazine rings is 1. The lowest BCUT2D eigenvalue weighted by atomic mass is 9.97. The summed E-state index contributed by atoms with van der Waals surface area (Å²) in [5.74, 6) is 0.499. The van der Waals surface area contributed by atoms with E-state index >= 15 is 0 Å². The summed E-state index contributed by atoms with van der Waals surface area (Å²) >= 11 is 12.5. The van der Waals surface area contributed by atoms with Crippen LogP contribution in [0.2, 0.25) is 10.3 Å². The zero-order chi connectivity index (χ0) is 27.8. The standard InChI is InChI=1S/C24H30Cl2N10O3/c1-3-13-12-35(21-18(26)30-17(23(38)33(21)2)20-31-32-24(28)39-20)10-11-36(13)14-6-8-34(9-7-14)22(37)15-4-5-16(25)29-19(15)27/h4-5,13-14H,3,6-12H2,1-2H3,(H2,27,29)(H2,28,32)/t13-/m0/s1. The number of likely N-dealkylation sites (tertiary alicyclic amines) is 1. The highest BCUT2D eigenvalue weighted by Gasteiger charge is 2.36. The first-order valence-electron chi connectivity index (χ1n) is 12.8. The van der Waals surface area contributed by atoms with Gasteiger partial charge in [0.25, 0.3) is 17.4 Å². The van der Waals surface area contributed by atoms with E-state index in [0.717, 1.165) is 25.8 Å². The molecule has 5 rings (SSSR count). The maximum Gasteiger partial charge on any atom is 0.313 e. The molecular formula is C24H30Cl2N10O3. The van der Waals surface area contributed by atoms with E-state index in [2.05, 4.69) is 36.9 Å². The van der Waals surface area contributed by atoms with Crippen LogP contribution in [0.5, 0.6) is 0 Å². The SMILES string of the molecule is CC[C@H]1CN(c2c(Cl)nc(-c3nnc(N)o3)c(=O)n2C)CCN1C1CCN(C(=O)c2ccc(Cl)nc2N)CC1. The topological polar surface area (TPSA) is 166 Å². The Labute approximate surface area is 234 Å². The Balaban J connectivity index is 1.26. The molecule has 208 valence electrons. The molecule has 0 saturated carbocycles. The average molecular weight is 577 g/mol. The van der Waals surface area contributed by atoms with Crippen molar-refractivity contribution in [2.75, 3.05) is 49.1 Å². The second-order valence-corrected chi connectivity index (χ2v) is 10.5. The second-order valence-electron chi connectivity index (χ2n) is 9.72. The fraction of sp³-hybridized carbons (Fsp3) is 0.500. The molecule has 4 N–H and O–H groups in total. The number of piperidine rings is 1. The third-order valence-electron chi connectivity index (χ3n) is 7.50. The second kappa shape index (κ2) is 11.0. The number of rotatable bonds is 5. The maximum atomic E-state index is 13.1. The normalized spacial score (nSPS) is 19.0. The summed E-state index contributed by atoms with van der Waals surface area (Å²) in [6.45, 7) is 5.56. The van der Waals surface area contributed by atoms with Gasteiger partial charge >= 0.3 is 6.01 Å². The summed E-state index contributed by atoms with van der Waals surface area (Å²) in [5, 5.41) is 7.80. The molecule has 0 unspecified atom stereocenters. The Bertz CT molecular complexity index is 1440. The van der Waals surface area contributed by atoms with Crippen LogP contribution in [0.4, 0.5) is 17.7 Å². The molecule has 0 aromatic carbocycles. The molecule has 39 heavy (non-hydrogen) atoms. The van der Waals surface area contributed by atoms with Crippen molar-refractivity contribution in [3.8, 4) is 11.6 Å². The fourth-order valence-electron chi connectivity index (χ4n) is 5.51. The van der Waals surface area contributed by atoms with Gasteiger partial charge in [0.15, 0.2) is 10.8 Å². The zero-order valence-corrected chi connectivity index (χ0v) is 23.2. The molecule has 3 aromatic rings. The lowest BCUT2D eigenvalue weighted by molar-refractivity contribution is 0.0490. The van der Waals surface area contributed by atoms with E-state index in [4.69, 9.17) is 39.1 Å². The van der Waals surface area contributed by atoms with E-state index in [1.807, 2.05) is 4.90 Å². The van der Waals surface area contributed by atoms with Gasteiger partial charge in [-0.05, 0) is 31.4 Å². The molecule has 0 spiro atoms. The molecule has 0 aliphatic carbocycles. The predicted octanol–water partition coefficient (Wildman–Crippen LogP) is 1.90. The molecule has 2 saturated heterocycles. The zero-order valence-electron chi connectivity index (χ0n) is 21.7. The predicted molar refractivity (Wildman–Crippen MR) is 148 cm³/mol. The molecule has 15 heteroatoms. The maximum absolute atomic E-state index is 13.1. The highest BCUT2D eigenvalue weighted by atomic mass is 35.5. The van der Waals surface area contributed by atoms with Crippen molar-refractivity contribution in [2.24, 2.45) is 7.05 Å². The molecule has 13 nitrogen and oxygen atoms in total. The summed E-state index contributed by atoms with van der Waals surface area (Å²) in [6.07, 6.45) is 2.62. The van der Waals surface area contributed by atoms with Crippen LogP contribution in [0.25, 0.3) is 11.6 Å². The number of aromatic nitrogens is 5. The summed E-state index contributed by atoms with van der Waals surface area (Å²) in [4.78, 5) is 40.8. The lowest BCUT2D eigenvalue weighted by Gasteiger charge is -2.48. The van der Waals surface area contributed by atoms with Crippen molar-refractivity contribution < 1.29 is 9.21 Å². The fourth-order valence-corrected chi connectivity index (χ4v) is 5.99. The Morgan fingerprint density at radius 1 is 1.10 bits per heavy atom. The van der Waals surface area contributed by atoms with Crippen LogP contribution in [-0.2, 0) is 7.05 Å². The molecule has 3 aromatic heterocycles. The number of nitrogen functional groups attached to an aromatic ring is 2. The minimum Gasteiger partial charge on any atom is -0.402 e. The van der Waals surface area contributed by atoms with Gasteiger partial charge in [-0.3, -0.25) is 19.1 Å². The Morgan fingerprint density at radius 2 is 1.85 bits per heavy atom. The summed E-state index contributed by atoms with van der Waals surface area (Å²) < 4.78 is 6.65. The minimum absolute atomic E-state index is 0.0430. The van der Waals surface area contributed by atoms with Gasteiger partial charge in [-0.15, -0.1) is 5.10 Å². The summed E-state index contributed by atoms with van der Waals surface area (Å²) in [6, 6.07) is 3.63. The van der Waals surface area contributed by atoms with Crippen LogP contribution >= 0.6 is 23.2 Å². The summed E-state index contributed by atoms with van der Waals surface area (Å²) in [5.41, 5.74) is 11.4. The number of hydrogen-bond acceptors (Lipinski definition) is 11. The van der Waals surface area contributed by atoms with Gasteiger partial charge in [0.05, 0.1) is 5.56 Å². The molecule has 2 aliphatic rings. The molecule has 0 bridgehead atoms. The van der Waals surface area contributed by atoms with Gasteiger partial charge in [0.1, 0.15) is 16.8 Å². The van der Waals surface area contributed by atoms with Crippen LogP contribution in [0, 0.1) is 0 Å². The van der Waals surface area contributed by atoms with Crippen molar-refractivity contribution in [1.29, 1.82) is 0 Å². The van der Waals surface area contributed by atoms with Crippen LogP contribution in [0.15, 0.2) is 21.3 Å². The van der Waals surface area contributed by atoms with Crippen LogP contribution in [-0.4, -0.2) is 85.2 Å². The third-order valence-corrected chi connectivity index (χ3v) is 7.97. The van der Waals surface area contributed by atoms with Gasteiger partial charge in [0.2, 0.25) is 0 Å². The minimum atomic E-state index is -0.401. The van der Waals surface area contributed by atoms with Crippen molar-refractivity contribution in [1.82, 2.24) is 34.5 Å². The molecule has 1 amide bonds. The Kier molecular flexibility index (Phi) is 7.65. The van der Waals surface area contributed by atoms with E-state index in [-0.39, 0.29) is 45.7 Å². The van der Waals surface area contributed by atoms with Gasteiger partial charge < -0.3 is 25.7 Å². The van der Waals surface area contributed by atoms with Gasteiger partial charge in [-0.25, -0.2) is 9.97 Å². The molecule has 2 aliphatic heterocycles. The van der Waals surface area contributed by atoms with E-state index in [1.165, 1.54) is 4.57 Å². The third kappa shape index (κ3) is 5.25. The van der Waals surface area contributed by atoms with Crippen molar-refractivity contribution in [3.05, 3.63) is 38.4 Å². The van der Waals surface area contributed by atoms with Crippen molar-refractivity contribution >= 4 is 46.8 Å². The smallest absolute Gasteiger partial charge is 0.313 e. The van der Waals surface area contributed by atoms with E-state index < -0.39 is 5.56 Å². The number of amides is 1. The number of hydrogen-bond donors (Lipinski definition) is 2. The van der Waals surface area contributed by atoms with Gasteiger partial charge in [-0.2, -0.15) is 0 Å². The Morgan fingerprint density at radius 3 is 2.49 bits per heavy atom. The van der Waals surface area contributed by atoms with Crippen molar-refractivity contribution in [3.63, 3.8) is 0 Å². The average Bonchev–Trinajstić information content (AvgIpc) is 3.36. The summed E-state index contributed by atoms with van der Waals surface area (Å²) in [7, 11) is 1.65. The van der Waals surface area contributed by atoms with Crippen LogP contribution in [0.3, 0.4) is 0 Å². The Hall–Kier alpha value is -3.42. The van der Waals surface area contributed by atoms with Gasteiger partial charge in [-0.1, -0.05) is 35.2 Å². The first-order chi connectivity index (χ1) is 18.7. The number of nitrogens with zero attached hydrogens (tertiary/aromatic N) is 8. The molecule has 0 radical (unpaired) electrons. The van der Waals surface area contributed by atoms with Crippen molar-refractivity contribution in [2.45, 2.75) is 38.3 Å². The molecule has 1 atom stereocenters. The van der Waals surface area contributed by atoms with Gasteiger partial charge in [0, 0.05) is 51.9 Å². The highest BCUT2D eigenvalue weighted by molar-refractivity contribution is 6.31.